The molecule has 3 rings (SSSR count). The first-order valence-electron chi connectivity index (χ1n) is 6.57. The van der Waals surface area contributed by atoms with Gasteiger partial charge in [-0.15, -0.1) is 40.2 Å². The summed E-state index contributed by atoms with van der Waals surface area (Å²) >= 11 is 0. The molecule has 1 aromatic rings. The lowest BCUT2D eigenvalue weighted by Crippen LogP contribution is -2.44. The molecule has 0 bridgehead atoms. The van der Waals surface area contributed by atoms with Crippen molar-refractivity contribution in [2.75, 3.05) is 26.2 Å². The number of hydrogen-bond donors (Lipinski definition) is 1. The standard InChI is InChI=1S/C14H16F2N2O2.2ClH/c1-2-11(18-8-6-17-7-9-18)10-4-3-5-12-13(10)20-14(15,16)19-12;;/h2-5,11,17H,1,6-9H2;2*1H/t11-;;/m0../s1. The molecular formula is C14H18Cl2F2N2O2. The molecule has 1 saturated heterocycles. The molecule has 2 aliphatic rings. The second kappa shape index (κ2) is 7.46. The van der Waals surface area contributed by atoms with Crippen LogP contribution in [0.15, 0.2) is 30.9 Å². The number of benzene rings is 1. The zero-order chi connectivity index (χ0) is 14.2. The van der Waals surface area contributed by atoms with E-state index in [1.807, 2.05) is 0 Å². The maximum Gasteiger partial charge on any atom is 0.586 e. The Kier molecular flexibility index (Phi) is 6.43. The van der Waals surface area contributed by atoms with Gasteiger partial charge in [0.2, 0.25) is 0 Å². The van der Waals surface area contributed by atoms with Gasteiger partial charge >= 0.3 is 6.29 Å². The summed E-state index contributed by atoms with van der Waals surface area (Å²) in [5, 5.41) is 3.26. The minimum Gasteiger partial charge on any atom is -0.395 e. The Morgan fingerprint density at radius 2 is 1.91 bits per heavy atom. The van der Waals surface area contributed by atoms with Crippen LogP contribution in [0, 0.1) is 0 Å². The van der Waals surface area contributed by atoms with Crippen molar-refractivity contribution in [1.29, 1.82) is 0 Å². The molecule has 1 N–H and O–H groups in total. The van der Waals surface area contributed by atoms with E-state index < -0.39 is 6.29 Å². The minimum absolute atomic E-state index is 0. The number of fused-ring (bicyclic) bond motifs is 1. The van der Waals surface area contributed by atoms with Crippen molar-refractivity contribution < 1.29 is 18.3 Å². The normalized spacial score (nSPS) is 20.5. The first-order valence-corrected chi connectivity index (χ1v) is 6.57. The van der Waals surface area contributed by atoms with Gasteiger partial charge in [-0.3, -0.25) is 4.90 Å². The molecule has 0 radical (unpaired) electrons. The highest BCUT2D eigenvalue weighted by Gasteiger charge is 2.45. The van der Waals surface area contributed by atoms with Crippen molar-refractivity contribution >= 4 is 24.8 Å². The van der Waals surface area contributed by atoms with Gasteiger partial charge in [-0.2, -0.15) is 0 Å². The second-order valence-corrected chi connectivity index (χ2v) is 4.81. The fourth-order valence-corrected chi connectivity index (χ4v) is 2.66. The molecule has 8 heteroatoms. The summed E-state index contributed by atoms with van der Waals surface area (Å²) in [6, 6.07) is 4.79. The third-order valence-electron chi connectivity index (χ3n) is 3.55. The first kappa shape index (κ1) is 19.0. The molecule has 0 aliphatic carbocycles. The largest absolute Gasteiger partial charge is 0.586 e. The van der Waals surface area contributed by atoms with Gasteiger partial charge in [0.1, 0.15) is 0 Å². The van der Waals surface area contributed by atoms with Gasteiger partial charge in [0, 0.05) is 31.7 Å². The Labute approximate surface area is 140 Å². The summed E-state index contributed by atoms with van der Waals surface area (Å²) in [5.74, 6) is 0.190. The van der Waals surface area contributed by atoms with Crippen LogP contribution in [0.25, 0.3) is 0 Å². The van der Waals surface area contributed by atoms with E-state index in [-0.39, 0.29) is 42.4 Å². The van der Waals surface area contributed by atoms with Crippen LogP contribution in [0.5, 0.6) is 11.5 Å². The van der Waals surface area contributed by atoms with Crippen molar-refractivity contribution in [3.8, 4) is 11.5 Å². The Hall–Kier alpha value is -1.08. The summed E-state index contributed by atoms with van der Waals surface area (Å²) < 4.78 is 35.6. The smallest absolute Gasteiger partial charge is 0.395 e. The van der Waals surface area contributed by atoms with E-state index in [0.717, 1.165) is 26.2 Å². The van der Waals surface area contributed by atoms with Crippen LogP contribution in [-0.2, 0) is 0 Å². The van der Waals surface area contributed by atoms with Crippen LogP contribution in [0.1, 0.15) is 11.6 Å². The molecule has 4 nitrogen and oxygen atoms in total. The van der Waals surface area contributed by atoms with Crippen molar-refractivity contribution in [1.82, 2.24) is 10.2 Å². The van der Waals surface area contributed by atoms with Crippen LogP contribution >= 0.6 is 24.8 Å². The van der Waals surface area contributed by atoms with E-state index >= 15 is 0 Å². The van der Waals surface area contributed by atoms with Crippen molar-refractivity contribution in [3.63, 3.8) is 0 Å². The zero-order valence-electron chi connectivity index (χ0n) is 11.8. The predicted molar refractivity (Wildman–Crippen MR) is 84.5 cm³/mol. The van der Waals surface area contributed by atoms with Gasteiger partial charge in [0.05, 0.1) is 6.04 Å². The maximum absolute atomic E-state index is 13.2. The fourth-order valence-electron chi connectivity index (χ4n) is 2.66. The van der Waals surface area contributed by atoms with Crippen molar-refractivity contribution in [2.45, 2.75) is 12.3 Å². The van der Waals surface area contributed by atoms with Gasteiger partial charge in [-0.05, 0) is 6.07 Å². The molecule has 0 amide bonds. The number of halogens is 4. The summed E-state index contributed by atoms with van der Waals surface area (Å²) in [6.07, 6.45) is -1.84. The van der Waals surface area contributed by atoms with Crippen LogP contribution in [0.3, 0.4) is 0 Å². The lowest BCUT2D eigenvalue weighted by Gasteiger charge is -2.33. The highest BCUT2D eigenvalue weighted by Crippen LogP contribution is 2.46. The number of hydrogen-bond acceptors (Lipinski definition) is 4. The Balaban J connectivity index is 0.00000121. The van der Waals surface area contributed by atoms with E-state index in [1.54, 1.807) is 18.2 Å². The Morgan fingerprint density at radius 3 is 2.55 bits per heavy atom. The lowest BCUT2D eigenvalue weighted by molar-refractivity contribution is -0.287. The number of nitrogens with one attached hydrogen (secondary N) is 1. The van der Waals surface area contributed by atoms with Crippen molar-refractivity contribution in [3.05, 3.63) is 36.4 Å². The van der Waals surface area contributed by atoms with Crippen LogP contribution in [0.4, 0.5) is 8.78 Å². The molecule has 22 heavy (non-hydrogen) atoms. The van der Waals surface area contributed by atoms with E-state index in [9.17, 15) is 8.78 Å². The zero-order valence-corrected chi connectivity index (χ0v) is 13.4. The van der Waals surface area contributed by atoms with E-state index in [2.05, 4.69) is 26.3 Å². The lowest BCUT2D eigenvalue weighted by atomic mass is 10.0. The summed E-state index contributed by atoms with van der Waals surface area (Å²) in [6.45, 7) is 7.23. The number of alkyl halides is 2. The summed E-state index contributed by atoms with van der Waals surface area (Å²) in [7, 11) is 0. The van der Waals surface area contributed by atoms with E-state index in [1.165, 1.54) is 6.07 Å². The van der Waals surface area contributed by atoms with Gasteiger partial charge in [0.25, 0.3) is 0 Å². The molecule has 2 heterocycles. The van der Waals surface area contributed by atoms with Gasteiger partial charge in [-0.25, -0.2) is 0 Å². The molecule has 2 aliphatic heterocycles. The first-order chi connectivity index (χ1) is 9.61. The van der Waals surface area contributed by atoms with Gasteiger partial charge in [-0.1, -0.05) is 18.2 Å². The van der Waals surface area contributed by atoms with Crippen LogP contribution in [-0.4, -0.2) is 37.4 Å². The van der Waals surface area contributed by atoms with Gasteiger partial charge in [0.15, 0.2) is 11.5 Å². The Morgan fingerprint density at radius 1 is 1.23 bits per heavy atom. The summed E-state index contributed by atoms with van der Waals surface area (Å²) in [5.41, 5.74) is 0.663. The minimum atomic E-state index is -3.59. The van der Waals surface area contributed by atoms with Crippen LogP contribution in [0.2, 0.25) is 0 Å². The van der Waals surface area contributed by atoms with Gasteiger partial charge < -0.3 is 14.8 Å². The fraction of sp³-hybridized carbons (Fsp3) is 0.429. The van der Waals surface area contributed by atoms with E-state index in [0.29, 0.717) is 5.56 Å². The topological polar surface area (TPSA) is 33.7 Å². The average molecular weight is 355 g/mol. The highest BCUT2D eigenvalue weighted by atomic mass is 35.5. The quantitative estimate of drug-likeness (QED) is 0.846. The predicted octanol–water partition coefficient (Wildman–Crippen LogP) is 2.98. The van der Waals surface area contributed by atoms with Crippen LogP contribution < -0.4 is 14.8 Å². The molecule has 0 aromatic heterocycles. The Bertz CT molecular complexity index is 526. The third kappa shape index (κ3) is 3.63. The van der Waals surface area contributed by atoms with Crippen molar-refractivity contribution in [2.24, 2.45) is 0 Å². The number of piperazine rings is 1. The molecule has 0 spiro atoms. The number of ether oxygens (including phenoxy) is 2. The highest BCUT2D eigenvalue weighted by molar-refractivity contribution is 5.85. The third-order valence-corrected chi connectivity index (χ3v) is 3.55. The number of nitrogens with zero attached hydrogens (tertiary/aromatic N) is 1. The maximum atomic E-state index is 13.2. The molecule has 0 unspecified atom stereocenters. The molecule has 0 saturated carbocycles. The summed E-state index contributed by atoms with van der Waals surface area (Å²) in [4.78, 5) is 2.18. The monoisotopic (exact) mass is 354 g/mol. The SMILES string of the molecule is C=C[C@@H](c1cccc2c1OC(F)(F)O2)N1CCNCC1.Cl.Cl. The molecule has 124 valence electrons. The molecule has 1 fully saturated rings. The number of para-hydroxylation sites is 1. The molecule has 1 aromatic carbocycles. The number of rotatable bonds is 3. The molecule has 1 atom stereocenters. The second-order valence-electron chi connectivity index (χ2n) is 4.81. The average Bonchev–Trinajstić information content (AvgIpc) is 2.75. The van der Waals surface area contributed by atoms with E-state index in [4.69, 9.17) is 0 Å². The molecular weight excluding hydrogens is 337 g/mol.